The van der Waals surface area contributed by atoms with E-state index in [0.29, 0.717) is 13.1 Å². The van der Waals surface area contributed by atoms with Crippen molar-refractivity contribution in [1.29, 1.82) is 0 Å². The van der Waals surface area contributed by atoms with E-state index in [4.69, 9.17) is 16.0 Å². The molecule has 0 aliphatic carbocycles. The lowest BCUT2D eigenvalue weighted by Gasteiger charge is -2.23. The average molecular weight is 338 g/mol. The van der Waals surface area contributed by atoms with Crippen molar-refractivity contribution < 1.29 is 18.7 Å². The molecule has 0 fully saturated rings. The van der Waals surface area contributed by atoms with Crippen molar-refractivity contribution in [3.63, 3.8) is 0 Å². The third-order valence-electron chi connectivity index (χ3n) is 4.09. The summed E-state index contributed by atoms with van der Waals surface area (Å²) < 4.78 is 19.2. The number of rotatable bonds is 3. The van der Waals surface area contributed by atoms with Gasteiger partial charge in [0.15, 0.2) is 0 Å². The summed E-state index contributed by atoms with van der Waals surface area (Å²) in [6, 6.07) is 6.13. The molecule has 1 aliphatic rings. The molecule has 1 amide bonds. The van der Waals surface area contributed by atoms with Gasteiger partial charge in [0.25, 0.3) is 5.91 Å². The Morgan fingerprint density at radius 1 is 1.43 bits per heavy atom. The molecule has 23 heavy (non-hydrogen) atoms. The zero-order chi connectivity index (χ0) is 16.4. The van der Waals surface area contributed by atoms with Crippen molar-refractivity contribution in [2.24, 2.45) is 0 Å². The predicted molar refractivity (Wildman–Crippen MR) is 83.6 cm³/mol. The van der Waals surface area contributed by atoms with E-state index in [0.717, 1.165) is 24.2 Å². The van der Waals surface area contributed by atoms with Gasteiger partial charge in [0.05, 0.1) is 6.26 Å². The van der Waals surface area contributed by atoms with Gasteiger partial charge in [-0.15, -0.1) is 0 Å². The fraction of sp³-hybridized carbons (Fsp3) is 0.353. The highest BCUT2D eigenvalue weighted by Gasteiger charge is 2.27. The minimum Gasteiger partial charge on any atom is -0.469 e. The Hall–Kier alpha value is -1.85. The molecule has 0 spiro atoms. The molecule has 0 saturated heterocycles. The number of nitrogens with zero attached hydrogens (tertiary/aromatic N) is 1. The van der Waals surface area contributed by atoms with Gasteiger partial charge >= 0.3 is 0 Å². The van der Waals surface area contributed by atoms with Gasteiger partial charge in [-0.05, 0) is 24.6 Å². The summed E-state index contributed by atoms with van der Waals surface area (Å²) in [6.45, 7) is 0.928. The van der Waals surface area contributed by atoms with E-state index in [2.05, 4.69) is 0 Å². The molecule has 2 heterocycles. The number of amides is 1. The third kappa shape index (κ3) is 3.41. The van der Waals surface area contributed by atoms with Crippen molar-refractivity contribution in [3.8, 4) is 0 Å². The van der Waals surface area contributed by atoms with Crippen molar-refractivity contribution in [2.45, 2.75) is 31.9 Å². The summed E-state index contributed by atoms with van der Waals surface area (Å²) in [6.07, 6.45) is 1.67. The fourth-order valence-corrected chi connectivity index (χ4v) is 3.09. The van der Waals surface area contributed by atoms with E-state index in [1.807, 2.05) is 6.07 Å². The first-order chi connectivity index (χ1) is 11.1. The molecule has 2 aromatic rings. The van der Waals surface area contributed by atoms with Gasteiger partial charge in [-0.1, -0.05) is 17.7 Å². The van der Waals surface area contributed by atoms with Crippen LogP contribution in [0, 0.1) is 5.82 Å². The van der Waals surface area contributed by atoms with E-state index in [1.165, 1.54) is 12.1 Å². The first-order valence-corrected chi connectivity index (χ1v) is 7.89. The predicted octanol–water partition coefficient (Wildman–Crippen LogP) is 2.95. The Labute approximate surface area is 138 Å². The van der Waals surface area contributed by atoms with Crippen molar-refractivity contribution in [3.05, 3.63) is 58.3 Å². The van der Waals surface area contributed by atoms with Gasteiger partial charge in [0.1, 0.15) is 17.7 Å². The Balaban J connectivity index is 1.72. The van der Waals surface area contributed by atoms with Crippen LogP contribution in [0.4, 0.5) is 4.39 Å². The molecule has 0 bridgehead atoms. The van der Waals surface area contributed by atoms with Crippen molar-refractivity contribution in [2.75, 3.05) is 6.54 Å². The van der Waals surface area contributed by atoms with Crippen LogP contribution in [0.15, 0.2) is 34.9 Å². The monoisotopic (exact) mass is 337 g/mol. The highest BCUT2D eigenvalue weighted by atomic mass is 35.5. The van der Waals surface area contributed by atoms with Gasteiger partial charge in [-0.25, -0.2) is 4.39 Å². The van der Waals surface area contributed by atoms with E-state index in [1.54, 1.807) is 17.2 Å². The molecule has 0 radical (unpaired) electrons. The minimum atomic E-state index is -1.32. The number of aliphatic hydroxyl groups is 1. The Morgan fingerprint density at radius 2 is 2.26 bits per heavy atom. The number of aryl methyl sites for hydroxylation is 1. The maximum Gasteiger partial charge on any atom is 0.252 e. The summed E-state index contributed by atoms with van der Waals surface area (Å²) in [5.74, 6) is -0.0531. The van der Waals surface area contributed by atoms with Gasteiger partial charge in [0.2, 0.25) is 0 Å². The highest BCUT2D eigenvalue weighted by Crippen LogP contribution is 2.23. The Bertz CT molecular complexity index is 695. The van der Waals surface area contributed by atoms with Crippen LogP contribution in [0.1, 0.15) is 23.3 Å². The van der Waals surface area contributed by atoms with E-state index < -0.39 is 17.8 Å². The van der Waals surface area contributed by atoms with Crippen LogP contribution in [0.25, 0.3) is 0 Å². The van der Waals surface area contributed by atoms with Gasteiger partial charge < -0.3 is 14.4 Å². The molecule has 1 N–H and O–H groups in total. The van der Waals surface area contributed by atoms with Crippen LogP contribution in [0.3, 0.4) is 0 Å². The molecule has 1 aromatic carbocycles. The molecule has 4 nitrogen and oxygen atoms in total. The average Bonchev–Trinajstić information content (AvgIpc) is 2.87. The van der Waals surface area contributed by atoms with E-state index >= 15 is 0 Å². The first kappa shape index (κ1) is 16.0. The highest BCUT2D eigenvalue weighted by molar-refractivity contribution is 6.31. The normalized spacial score (nSPS) is 15.9. The largest absolute Gasteiger partial charge is 0.469 e. The molecule has 0 saturated carbocycles. The Kier molecular flexibility index (Phi) is 4.68. The van der Waals surface area contributed by atoms with Crippen LogP contribution in [-0.2, 0) is 24.2 Å². The number of furan rings is 1. The van der Waals surface area contributed by atoms with Crippen LogP contribution in [0.2, 0.25) is 5.02 Å². The number of fused-ring (bicyclic) bond motifs is 1. The van der Waals surface area contributed by atoms with E-state index in [-0.39, 0.29) is 17.0 Å². The lowest BCUT2D eigenvalue weighted by atomic mass is 10.1. The van der Waals surface area contributed by atoms with Crippen LogP contribution in [-0.4, -0.2) is 28.6 Å². The number of halogens is 2. The molecule has 3 rings (SSSR count). The summed E-state index contributed by atoms with van der Waals surface area (Å²) in [5, 5.41) is 10.4. The standard InChI is InChI=1S/C17H17ClFNO3/c18-13-3-1-4-14(19)12(13)9-15(21)17(22)20-7-2-5-16-11(10-20)6-8-23-16/h1,3-4,6,8,15,21H,2,5,7,9-10H2. The second kappa shape index (κ2) is 6.72. The van der Waals surface area contributed by atoms with Gasteiger partial charge in [-0.3, -0.25) is 4.79 Å². The van der Waals surface area contributed by atoms with Crippen molar-refractivity contribution in [1.82, 2.24) is 4.90 Å². The van der Waals surface area contributed by atoms with Crippen LogP contribution in [0.5, 0.6) is 0 Å². The zero-order valence-corrected chi connectivity index (χ0v) is 13.2. The molecule has 1 aliphatic heterocycles. The van der Waals surface area contributed by atoms with Gasteiger partial charge in [-0.2, -0.15) is 0 Å². The topological polar surface area (TPSA) is 53.7 Å². The number of aliphatic hydroxyl groups excluding tert-OH is 1. The summed E-state index contributed by atoms with van der Waals surface area (Å²) in [4.78, 5) is 14.1. The van der Waals surface area contributed by atoms with Crippen molar-refractivity contribution >= 4 is 17.5 Å². The van der Waals surface area contributed by atoms with Crippen LogP contribution >= 0.6 is 11.6 Å². The third-order valence-corrected chi connectivity index (χ3v) is 4.44. The first-order valence-electron chi connectivity index (χ1n) is 7.51. The number of carbonyl (C=O) groups excluding carboxylic acids is 1. The maximum absolute atomic E-state index is 13.8. The van der Waals surface area contributed by atoms with Crippen LogP contribution < -0.4 is 0 Å². The second-order valence-corrected chi connectivity index (χ2v) is 6.06. The molecular weight excluding hydrogens is 321 g/mol. The second-order valence-electron chi connectivity index (χ2n) is 5.65. The lowest BCUT2D eigenvalue weighted by Crippen LogP contribution is -2.40. The molecule has 1 atom stereocenters. The smallest absolute Gasteiger partial charge is 0.252 e. The minimum absolute atomic E-state index is 0.140. The molecule has 1 unspecified atom stereocenters. The van der Waals surface area contributed by atoms with E-state index in [9.17, 15) is 14.3 Å². The molecule has 1 aromatic heterocycles. The number of carbonyl (C=O) groups is 1. The summed E-state index contributed by atoms with van der Waals surface area (Å²) in [7, 11) is 0. The number of hydrogen-bond acceptors (Lipinski definition) is 3. The number of benzene rings is 1. The molecule has 122 valence electrons. The summed E-state index contributed by atoms with van der Waals surface area (Å²) in [5.41, 5.74) is 1.11. The molecule has 6 heteroatoms. The molecular formula is C17H17ClFNO3. The maximum atomic E-state index is 13.8. The quantitative estimate of drug-likeness (QED) is 0.937. The SMILES string of the molecule is O=C(C(O)Cc1c(F)cccc1Cl)N1CCCc2occc2C1. The van der Waals surface area contributed by atoms with Gasteiger partial charge in [0, 0.05) is 42.1 Å². The number of hydrogen-bond donors (Lipinski definition) is 1. The fourth-order valence-electron chi connectivity index (χ4n) is 2.85. The summed E-state index contributed by atoms with van der Waals surface area (Å²) >= 11 is 5.95. The zero-order valence-electron chi connectivity index (χ0n) is 12.5. The Morgan fingerprint density at radius 3 is 3.04 bits per heavy atom. The lowest BCUT2D eigenvalue weighted by molar-refractivity contribution is -0.140.